The Morgan fingerprint density at radius 3 is 1.97 bits per heavy atom. The van der Waals surface area contributed by atoms with Gasteiger partial charge in [0, 0.05) is 38.2 Å². The topological polar surface area (TPSA) is 120 Å². The number of nitrogens with one attached hydrogen (secondary N) is 1. The highest BCUT2D eigenvalue weighted by Crippen LogP contribution is 2.29. The van der Waals surface area contributed by atoms with Crippen LogP contribution in [0, 0.1) is 5.92 Å². The van der Waals surface area contributed by atoms with E-state index in [0.717, 1.165) is 37.8 Å². The monoisotopic (exact) mass is 498 g/mol. The molecule has 0 aliphatic rings. The van der Waals surface area contributed by atoms with Gasteiger partial charge < -0.3 is 29.2 Å². The van der Waals surface area contributed by atoms with Crippen LogP contribution in [0.5, 0.6) is 0 Å². The van der Waals surface area contributed by atoms with E-state index < -0.39 is 29.7 Å². The number of nitrogens with zero attached hydrogens (tertiary/aromatic N) is 1. The fourth-order valence-electron chi connectivity index (χ4n) is 3.24. The highest BCUT2D eigenvalue weighted by molar-refractivity contribution is 5.81. The molecule has 2 amide bonds. The molecule has 0 saturated heterocycles. The number of ether oxygens (including phenoxy) is 4. The molecular formula is C25H42N2O8. The Morgan fingerprint density at radius 2 is 1.46 bits per heavy atom. The first-order valence-electron chi connectivity index (χ1n) is 12.0. The number of esters is 2. The molecule has 0 bridgehead atoms. The first-order valence-corrected chi connectivity index (χ1v) is 12.0. The SMILES string of the molecule is C=CC(=O)OCCC(CCOC(=O)C=C)C(C)(C)OC(=O)N(C)CCCCCCNC(=O)OCC. The summed E-state index contributed by atoms with van der Waals surface area (Å²) < 4.78 is 20.7. The van der Waals surface area contributed by atoms with Crippen molar-refractivity contribution in [2.24, 2.45) is 5.92 Å². The minimum absolute atomic E-state index is 0.118. The number of alkyl carbamates (subject to hydrolysis) is 1. The Hall–Kier alpha value is -3.04. The van der Waals surface area contributed by atoms with Crippen molar-refractivity contribution < 1.29 is 38.1 Å². The number of hydrogen-bond acceptors (Lipinski definition) is 8. The second-order valence-electron chi connectivity index (χ2n) is 8.47. The predicted octanol–water partition coefficient (Wildman–Crippen LogP) is 3.99. The Labute approximate surface area is 209 Å². The summed E-state index contributed by atoms with van der Waals surface area (Å²) in [5.74, 6) is -1.30. The zero-order valence-electron chi connectivity index (χ0n) is 21.6. The van der Waals surface area contributed by atoms with Crippen molar-refractivity contribution in [3.63, 3.8) is 0 Å². The summed E-state index contributed by atoms with van der Waals surface area (Å²) >= 11 is 0. The van der Waals surface area contributed by atoms with Crippen LogP contribution >= 0.6 is 0 Å². The maximum atomic E-state index is 12.7. The van der Waals surface area contributed by atoms with Crippen molar-refractivity contribution >= 4 is 24.1 Å². The van der Waals surface area contributed by atoms with Crippen molar-refractivity contribution in [2.75, 3.05) is 40.0 Å². The molecule has 10 heteroatoms. The first kappa shape index (κ1) is 32.0. The first-order chi connectivity index (χ1) is 16.6. The van der Waals surface area contributed by atoms with Gasteiger partial charge in [0.25, 0.3) is 0 Å². The predicted molar refractivity (Wildman–Crippen MR) is 132 cm³/mol. The zero-order chi connectivity index (χ0) is 26.7. The fourth-order valence-corrected chi connectivity index (χ4v) is 3.24. The molecular weight excluding hydrogens is 456 g/mol. The number of amides is 2. The normalized spacial score (nSPS) is 10.8. The van der Waals surface area contributed by atoms with E-state index >= 15 is 0 Å². The van der Waals surface area contributed by atoms with E-state index in [1.807, 2.05) is 0 Å². The molecule has 35 heavy (non-hydrogen) atoms. The van der Waals surface area contributed by atoms with Crippen LogP contribution in [0.4, 0.5) is 9.59 Å². The van der Waals surface area contributed by atoms with Gasteiger partial charge in [0.1, 0.15) is 5.60 Å². The molecule has 10 nitrogen and oxygen atoms in total. The van der Waals surface area contributed by atoms with E-state index in [1.54, 1.807) is 27.8 Å². The van der Waals surface area contributed by atoms with Gasteiger partial charge in [-0.25, -0.2) is 19.2 Å². The number of hydrogen-bond donors (Lipinski definition) is 1. The number of rotatable bonds is 18. The quantitative estimate of drug-likeness (QED) is 0.130. The summed E-state index contributed by atoms with van der Waals surface area (Å²) in [6.45, 7) is 13.7. The van der Waals surface area contributed by atoms with Gasteiger partial charge >= 0.3 is 24.1 Å². The molecule has 0 aromatic carbocycles. The van der Waals surface area contributed by atoms with Gasteiger partial charge in [-0.2, -0.15) is 0 Å². The third-order valence-electron chi connectivity index (χ3n) is 5.36. The van der Waals surface area contributed by atoms with E-state index in [0.29, 0.717) is 32.5 Å². The van der Waals surface area contributed by atoms with Crippen LogP contribution in [-0.2, 0) is 28.5 Å². The highest BCUT2D eigenvalue weighted by Gasteiger charge is 2.34. The van der Waals surface area contributed by atoms with Crippen LogP contribution in [0.25, 0.3) is 0 Å². The van der Waals surface area contributed by atoms with Crippen LogP contribution in [0.2, 0.25) is 0 Å². The molecule has 0 spiro atoms. The Kier molecular flexibility index (Phi) is 16.7. The van der Waals surface area contributed by atoms with Gasteiger partial charge in [-0.15, -0.1) is 0 Å². The zero-order valence-corrected chi connectivity index (χ0v) is 21.6. The Balaban J connectivity index is 4.58. The van der Waals surface area contributed by atoms with Crippen LogP contribution in [0.1, 0.15) is 59.3 Å². The summed E-state index contributed by atoms with van der Waals surface area (Å²) in [6.07, 6.45) is 5.55. The summed E-state index contributed by atoms with van der Waals surface area (Å²) in [4.78, 5) is 48.1. The van der Waals surface area contributed by atoms with Gasteiger partial charge in [0.15, 0.2) is 0 Å². The van der Waals surface area contributed by atoms with Crippen LogP contribution in [0.3, 0.4) is 0 Å². The molecule has 0 aliphatic heterocycles. The van der Waals surface area contributed by atoms with Crippen LogP contribution < -0.4 is 5.32 Å². The van der Waals surface area contributed by atoms with Gasteiger partial charge in [-0.1, -0.05) is 26.0 Å². The average Bonchev–Trinajstić information content (AvgIpc) is 2.81. The van der Waals surface area contributed by atoms with E-state index in [-0.39, 0.29) is 19.1 Å². The Morgan fingerprint density at radius 1 is 0.914 bits per heavy atom. The lowest BCUT2D eigenvalue weighted by atomic mass is 9.85. The van der Waals surface area contributed by atoms with Crippen LogP contribution in [-0.4, -0.2) is 74.6 Å². The molecule has 0 aliphatic carbocycles. The van der Waals surface area contributed by atoms with Crippen molar-refractivity contribution in [3.8, 4) is 0 Å². The molecule has 0 aromatic rings. The molecule has 0 rings (SSSR count). The molecule has 0 radical (unpaired) electrons. The molecule has 0 unspecified atom stereocenters. The second-order valence-corrected chi connectivity index (χ2v) is 8.47. The van der Waals surface area contributed by atoms with Gasteiger partial charge in [0.2, 0.25) is 0 Å². The lowest BCUT2D eigenvalue weighted by molar-refractivity contribution is -0.139. The van der Waals surface area contributed by atoms with Gasteiger partial charge in [-0.3, -0.25) is 0 Å². The van der Waals surface area contributed by atoms with Gasteiger partial charge in [0.05, 0.1) is 19.8 Å². The second kappa shape index (κ2) is 18.3. The van der Waals surface area contributed by atoms with E-state index in [4.69, 9.17) is 18.9 Å². The summed E-state index contributed by atoms with van der Waals surface area (Å²) in [5, 5.41) is 2.68. The highest BCUT2D eigenvalue weighted by atomic mass is 16.6. The third-order valence-corrected chi connectivity index (χ3v) is 5.36. The van der Waals surface area contributed by atoms with Gasteiger partial charge in [-0.05, 0) is 46.5 Å². The summed E-state index contributed by atoms with van der Waals surface area (Å²) in [6, 6.07) is 0. The third kappa shape index (κ3) is 15.5. The number of carbonyl (C=O) groups excluding carboxylic acids is 4. The minimum atomic E-state index is -0.898. The molecule has 0 atom stereocenters. The molecule has 0 aromatic heterocycles. The van der Waals surface area contributed by atoms with E-state index in [9.17, 15) is 19.2 Å². The largest absolute Gasteiger partial charge is 0.463 e. The average molecular weight is 499 g/mol. The standard InChI is InChI=1S/C25H42N2O8/c1-7-21(28)33-18-14-20(15-19-34-22(29)8-2)25(4,5)35-24(31)27(6)17-13-11-10-12-16-26-23(30)32-9-3/h7-8,20H,1-2,9-19H2,3-6H3,(H,26,30). The lowest BCUT2D eigenvalue weighted by Crippen LogP contribution is -2.42. The Bertz CT molecular complexity index is 667. The number of unbranched alkanes of at least 4 members (excludes halogenated alkanes) is 3. The number of carbonyl (C=O) groups is 4. The molecule has 0 heterocycles. The summed E-state index contributed by atoms with van der Waals surface area (Å²) in [7, 11) is 1.67. The van der Waals surface area contributed by atoms with Crippen LogP contribution in [0.15, 0.2) is 25.3 Å². The smallest absolute Gasteiger partial charge is 0.410 e. The summed E-state index contributed by atoms with van der Waals surface area (Å²) in [5.41, 5.74) is -0.898. The molecule has 0 saturated carbocycles. The van der Waals surface area contributed by atoms with E-state index in [2.05, 4.69) is 18.5 Å². The molecule has 200 valence electrons. The van der Waals surface area contributed by atoms with Crippen molar-refractivity contribution in [1.29, 1.82) is 0 Å². The molecule has 1 N–H and O–H groups in total. The van der Waals surface area contributed by atoms with Crippen molar-refractivity contribution in [1.82, 2.24) is 10.2 Å². The molecule has 0 fully saturated rings. The van der Waals surface area contributed by atoms with Crippen molar-refractivity contribution in [2.45, 2.75) is 64.9 Å². The lowest BCUT2D eigenvalue weighted by Gasteiger charge is -2.35. The fraction of sp³-hybridized carbons (Fsp3) is 0.680. The minimum Gasteiger partial charge on any atom is -0.463 e. The van der Waals surface area contributed by atoms with Crippen molar-refractivity contribution in [3.05, 3.63) is 25.3 Å². The maximum absolute atomic E-state index is 12.7. The van der Waals surface area contributed by atoms with E-state index in [1.165, 1.54) is 4.90 Å². The maximum Gasteiger partial charge on any atom is 0.410 e.